The van der Waals surface area contributed by atoms with E-state index in [0.29, 0.717) is 30.0 Å². The molecule has 9 nitrogen and oxygen atoms in total. The fraction of sp³-hybridized carbons (Fsp3) is 0.300. The van der Waals surface area contributed by atoms with Crippen LogP contribution in [-0.4, -0.2) is 38.0 Å². The second-order valence-corrected chi connectivity index (χ2v) is 7.38. The highest BCUT2D eigenvalue weighted by molar-refractivity contribution is 5.63. The van der Waals surface area contributed by atoms with Crippen LogP contribution >= 0.6 is 0 Å². The molecule has 0 saturated heterocycles. The lowest BCUT2D eigenvalue weighted by Crippen LogP contribution is -2.43. The standard InChI is InChI=1S/C20H17F3N4O5/c1-19(8-9-26-11-16(27(28)29)25-18(26)32-19)12-30-17-7-4-14(10-24-17)13-2-5-15(6-3-13)31-20(21,22)23/h2-7,10-11H,8-9,12H2,1H3. The Hall–Kier alpha value is -3.83. The normalized spacial score (nSPS) is 17.9. The van der Waals surface area contributed by atoms with E-state index in [1.807, 2.05) is 6.92 Å². The molecule has 1 aliphatic heterocycles. The average Bonchev–Trinajstić information content (AvgIpc) is 3.15. The van der Waals surface area contributed by atoms with Gasteiger partial charge in [-0.25, -0.2) is 4.98 Å². The number of rotatable bonds is 6. The largest absolute Gasteiger partial charge is 0.573 e. The van der Waals surface area contributed by atoms with Crippen molar-refractivity contribution in [2.24, 2.45) is 0 Å². The minimum atomic E-state index is -4.74. The topological polar surface area (TPSA) is 102 Å². The molecule has 3 heterocycles. The van der Waals surface area contributed by atoms with Crippen LogP contribution in [0.15, 0.2) is 48.8 Å². The predicted molar refractivity (Wildman–Crippen MR) is 104 cm³/mol. The van der Waals surface area contributed by atoms with E-state index in [2.05, 4.69) is 14.7 Å². The molecule has 168 valence electrons. The van der Waals surface area contributed by atoms with Gasteiger partial charge in [0, 0.05) is 35.8 Å². The Balaban J connectivity index is 1.37. The Morgan fingerprint density at radius 2 is 1.94 bits per heavy atom. The smallest absolute Gasteiger partial charge is 0.473 e. The number of pyridine rings is 1. The molecule has 1 aromatic carbocycles. The lowest BCUT2D eigenvalue weighted by molar-refractivity contribution is -0.389. The molecule has 0 N–H and O–H groups in total. The number of hydrogen-bond acceptors (Lipinski definition) is 7. The SMILES string of the molecule is CC1(COc2ccc(-c3ccc(OC(F)(F)F)cc3)cn2)CCn2cc([N+](=O)[O-])nc2O1. The number of ether oxygens (including phenoxy) is 3. The molecule has 0 aliphatic carbocycles. The van der Waals surface area contributed by atoms with Gasteiger partial charge in [0.15, 0.2) is 0 Å². The molecular formula is C20H17F3N4O5. The first-order valence-electron chi connectivity index (χ1n) is 9.46. The van der Waals surface area contributed by atoms with E-state index in [0.717, 1.165) is 0 Å². The van der Waals surface area contributed by atoms with Crippen LogP contribution in [0.4, 0.5) is 19.0 Å². The quantitative estimate of drug-likeness (QED) is 0.406. The molecule has 0 radical (unpaired) electrons. The van der Waals surface area contributed by atoms with Crippen molar-refractivity contribution in [1.29, 1.82) is 0 Å². The van der Waals surface area contributed by atoms with Crippen molar-refractivity contribution in [3.8, 4) is 28.8 Å². The lowest BCUT2D eigenvalue weighted by Gasteiger charge is -2.32. The maximum atomic E-state index is 12.3. The van der Waals surface area contributed by atoms with E-state index in [1.165, 1.54) is 36.7 Å². The fourth-order valence-electron chi connectivity index (χ4n) is 3.16. The number of fused-ring (bicyclic) bond motifs is 1. The molecule has 12 heteroatoms. The van der Waals surface area contributed by atoms with Crippen LogP contribution in [0.5, 0.6) is 17.6 Å². The van der Waals surface area contributed by atoms with Crippen molar-refractivity contribution < 1.29 is 32.3 Å². The van der Waals surface area contributed by atoms with E-state index in [1.54, 1.807) is 16.7 Å². The van der Waals surface area contributed by atoms with Gasteiger partial charge in [-0.05, 0) is 35.6 Å². The summed E-state index contributed by atoms with van der Waals surface area (Å²) in [6.45, 7) is 2.45. The summed E-state index contributed by atoms with van der Waals surface area (Å²) in [5.74, 6) is -0.253. The van der Waals surface area contributed by atoms with E-state index >= 15 is 0 Å². The van der Waals surface area contributed by atoms with Crippen LogP contribution < -0.4 is 14.2 Å². The zero-order chi connectivity index (χ0) is 22.9. The van der Waals surface area contributed by atoms with Gasteiger partial charge < -0.3 is 24.3 Å². The van der Waals surface area contributed by atoms with Gasteiger partial charge in [0.05, 0.1) is 0 Å². The van der Waals surface area contributed by atoms with E-state index < -0.39 is 16.9 Å². The molecule has 0 amide bonds. The summed E-state index contributed by atoms with van der Waals surface area (Å²) in [5, 5.41) is 10.9. The van der Waals surface area contributed by atoms with Crippen molar-refractivity contribution in [3.63, 3.8) is 0 Å². The summed E-state index contributed by atoms with van der Waals surface area (Å²) in [5.41, 5.74) is 0.601. The first-order chi connectivity index (χ1) is 15.1. The molecule has 1 atom stereocenters. The maximum Gasteiger partial charge on any atom is 0.573 e. The molecular weight excluding hydrogens is 433 g/mol. The van der Waals surface area contributed by atoms with Crippen molar-refractivity contribution in [2.45, 2.75) is 31.9 Å². The van der Waals surface area contributed by atoms with Crippen molar-refractivity contribution in [1.82, 2.24) is 14.5 Å². The number of nitro groups is 1. The predicted octanol–water partition coefficient (Wildman–Crippen LogP) is 4.37. The summed E-state index contributed by atoms with van der Waals surface area (Å²) in [7, 11) is 0. The van der Waals surface area contributed by atoms with Gasteiger partial charge in [0.2, 0.25) is 5.88 Å². The lowest BCUT2D eigenvalue weighted by atomic mass is 10.0. The van der Waals surface area contributed by atoms with Gasteiger partial charge in [-0.1, -0.05) is 12.1 Å². The number of halogens is 3. The number of benzene rings is 1. The Bertz CT molecular complexity index is 1120. The first kappa shape index (κ1) is 21.4. The minimum Gasteiger partial charge on any atom is -0.473 e. The first-order valence-corrected chi connectivity index (χ1v) is 9.46. The molecule has 0 spiro atoms. The van der Waals surface area contributed by atoms with Gasteiger partial charge in [0.1, 0.15) is 24.2 Å². The maximum absolute atomic E-state index is 12.3. The van der Waals surface area contributed by atoms with Crippen LogP contribution in [0.1, 0.15) is 13.3 Å². The van der Waals surface area contributed by atoms with Crippen LogP contribution in [0.2, 0.25) is 0 Å². The van der Waals surface area contributed by atoms with Crippen molar-refractivity contribution in [3.05, 3.63) is 58.9 Å². The summed E-state index contributed by atoms with van der Waals surface area (Å²) in [4.78, 5) is 18.4. The summed E-state index contributed by atoms with van der Waals surface area (Å²) >= 11 is 0. The zero-order valence-corrected chi connectivity index (χ0v) is 16.7. The molecule has 0 saturated carbocycles. The summed E-state index contributed by atoms with van der Waals surface area (Å²) in [6.07, 6.45) is -1.32. The number of hydrogen-bond donors (Lipinski definition) is 0. The van der Waals surface area contributed by atoms with E-state index in [9.17, 15) is 23.3 Å². The van der Waals surface area contributed by atoms with Gasteiger partial charge >= 0.3 is 18.2 Å². The number of nitrogens with zero attached hydrogens (tertiary/aromatic N) is 4. The molecule has 1 aliphatic rings. The number of imidazole rings is 1. The highest BCUT2D eigenvalue weighted by Gasteiger charge is 2.37. The van der Waals surface area contributed by atoms with Crippen LogP contribution in [0.25, 0.3) is 11.1 Å². The average molecular weight is 450 g/mol. The Labute approximate surface area is 179 Å². The number of aromatic nitrogens is 3. The molecule has 32 heavy (non-hydrogen) atoms. The molecule has 0 bridgehead atoms. The third-order valence-electron chi connectivity index (χ3n) is 4.82. The second kappa shape index (κ2) is 8.02. The van der Waals surface area contributed by atoms with E-state index in [4.69, 9.17) is 9.47 Å². The molecule has 3 aromatic rings. The minimum absolute atomic E-state index is 0.142. The van der Waals surface area contributed by atoms with Crippen molar-refractivity contribution in [2.75, 3.05) is 6.61 Å². The molecule has 4 rings (SSSR count). The van der Waals surface area contributed by atoms with Crippen LogP contribution in [0, 0.1) is 10.1 Å². The molecule has 0 fully saturated rings. The zero-order valence-electron chi connectivity index (χ0n) is 16.7. The third-order valence-corrected chi connectivity index (χ3v) is 4.82. The second-order valence-electron chi connectivity index (χ2n) is 7.38. The number of alkyl halides is 3. The fourth-order valence-corrected chi connectivity index (χ4v) is 3.16. The van der Waals surface area contributed by atoms with Gasteiger partial charge in [-0.2, -0.15) is 0 Å². The Morgan fingerprint density at radius 1 is 1.22 bits per heavy atom. The Morgan fingerprint density at radius 3 is 2.56 bits per heavy atom. The molecule has 1 unspecified atom stereocenters. The van der Waals surface area contributed by atoms with E-state index in [-0.39, 0.29) is 24.2 Å². The Kier molecular flexibility index (Phi) is 5.36. The summed E-state index contributed by atoms with van der Waals surface area (Å²) in [6, 6.07) is 8.96. The number of aryl methyl sites for hydroxylation is 1. The highest BCUT2D eigenvalue weighted by Crippen LogP contribution is 2.31. The van der Waals surface area contributed by atoms with Gasteiger partial charge in [-0.15, -0.1) is 13.2 Å². The van der Waals surface area contributed by atoms with Gasteiger partial charge in [0.25, 0.3) is 0 Å². The summed E-state index contributed by atoms with van der Waals surface area (Å²) < 4.78 is 53.8. The monoisotopic (exact) mass is 450 g/mol. The van der Waals surface area contributed by atoms with Crippen LogP contribution in [-0.2, 0) is 6.54 Å². The molecule has 2 aromatic heterocycles. The van der Waals surface area contributed by atoms with Gasteiger partial charge in [-0.3, -0.25) is 4.57 Å². The highest BCUT2D eigenvalue weighted by atomic mass is 19.4. The van der Waals surface area contributed by atoms with Crippen molar-refractivity contribution >= 4 is 5.82 Å². The third kappa shape index (κ3) is 4.90. The van der Waals surface area contributed by atoms with Crippen LogP contribution in [0.3, 0.4) is 0 Å².